The molecule has 1 aliphatic rings. The molecular formula is C15H15N3O2. The summed E-state index contributed by atoms with van der Waals surface area (Å²) in [7, 11) is 3.26. The molecule has 2 aromatic rings. The first kappa shape index (κ1) is 12.5. The molecule has 0 unspecified atom stereocenters. The second kappa shape index (κ2) is 5.21. The third kappa shape index (κ3) is 2.18. The van der Waals surface area contributed by atoms with Crippen molar-refractivity contribution in [2.45, 2.75) is 6.54 Å². The Balaban J connectivity index is 1.95. The maximum Gasteiger partial charge on any atom is 0.147 e. The van der Waals surface area contributed by atoms with Crippen molar-refractivity contribution in [1.29, 1.82) is 0 Å². The Kier molecular flexibility index (Phi) is 3.25. The fourth-order valence-electron chi connectivity index (χ4n) is 2.17. The molecule has 5 nitrogen and oxygen atoms in total. The summed E-state index contributed by atoms with van der Waals surface area (Å²) in [6.45, 7) is 0.669. The van der Waals surface area contributed by atoms with Gasteiger partial charge in [-0.1, -0.05) is 23.4 Å². The molecule has 0 N–H and O–H groups in total. The molecule has 5 heteroatoms. The van der Waals surface area contributed by atoms with Gasteiger partial charge in [0.15, 0.2) is 0 Å². The molecule has 0 aromatic heterocycles. The van der Waals surface area contributed by atoms with Gasteiger partial charge in [-0.3, -0.25) is 0 Å². The van der Waals surface area contributed by atoms with Crippen LogP contribution in [-0.4, -0.2) is 14.2 Å². The average Bonchev–Trinajstić information content (AvgIpc) is 2.53. The number of methoxy groups -OCH3 is 2. The molecule has 0 saturated heterocycles. The van der Waals surface area contributed by atoms with Gasteiger partial charge in [-0.15, -0.1) is 5.11 Å². The van der Waals surface area contributed by atoms with E-state index in [1.807, 2.05) is 41.4 Å². The molecule has 2 aromatic carbocycles. The molecule has 0 bridgehead atoms. The zero-order valence-corrected chi connectivity index (χ0v) is 11.4. The number of nitrogens with zero attached hydrogens (tertiary/aromatic N) is 3. The van der Waals surface area contributed by atoms with Crippen molar-refractivity contribution in [2.75, 3.05) is 19.2 Å². The predicted molar refractivity (Wildman–Crippen MR) is 76.7 cm³/mol. The Hall–Kier alpha value is -2.56. The van der Waals surface area contributed by atoms with Crippen molar-refractivity contribution in [2.24, 2.45) is 10.3 Å². The smallest absolute Gasteiger partial charge is 0.147 e. The molecule has 0 spiro atoms. The molecule has 102 valence electrons. The summed E-state index contributed by atoms with van der Waals surface area (Å²) >= 11 is 0. The minimum atomic E-state index is 0.669. The summed E-state index contributed by atoms with van der Waals surface area (Å²) in [6.07, 6.45) is 0. The van der Waals surface area contributed by atoms with Crippen LogP contribution in [0.4, 0.5) is 11.4 Å². The van der Waals surface area contributed by atoms with E-state index in [4.69, 9.17) is 9.47 Å². The van der Waals surface area contributed by atoms with Gasteiger partial charge < -0.3 is 9.47 Å². The number of hydrogen-bond acceptors (Lipinski definition) is 5. The molecule has 0 saturated carbocycles. The minimum absolute atomic E-state index is 0.669. The lowest BCUT2D eigenvalue weighted by Gasteiger charge is -2.24. The van der Waals surface area contributed by atoms with Crippen LogP contribution in [0.25, 0.3) is 0 Å². The van der Waals surface area contributed by atoms with E-state index in [9.17, 15) is 0 Å². The molecule has 0 radical (unpaired) electrons. The Bertz CT molecular complexity index is 655. The third-order valence-electron chi connectivity index (χ3n) is 3.24. The van der Waals surface area contributed by atoms with E-state index in [0.717, 1.165) is 22.7 Å². The first-order valence-electron chi connectivity index (χ1n) is 6.31. The van der Waals surface area contributed by atoms with E-state index in [0.29, 0.717) is 12.3 Å². The van der Waals surface area contributed by atoms with Crippen LogP contribution < -0.4 is 14.5 Å². The van der Waals surface area contributed by atoms with Crippen LogP contribution in [0, 0.1) is 0 Å². The summed E-state index contributed by atoms with van der Waals surface area (Å²) in [5, 5.41) is 10.3. The zero-order valence-electron chi connectivity index (χ0n) is 11.4. The topological polar surface area (TPSA) is 46.4 Å². The molecule has 3 rings (SSSR count). The van der Waals surface area contributed by atoms with Crippen molar-refractivity contribution in [3.8, 4) is 11.5 Å². The van der Waals surface area contributed by atoms with Gasteiger partial charge in [0.2, 0.25) is 0 Å². The Morgan fingerprint density at radius 1 is 1.05 bits per heavy atom. The van der Waals surface area contributed by atoms with Crippen molar-refractivity contribution in [1.82, 2.24) is 0 Å². The van der Waals surface area contributed by atoms with Crippen molar-refractivity contribution in [3.63, 3.8) is 0 Å². The van der Waals surface area contributed by atoms with Gasteiger partial charge >= 0.3 is 0 Å². The van der Waals surface area contributed by atoms with Gasteiger partial charge in [0.25, 0.3) is 0 Å². The van der Waals surface area contributed by atoms with Crippen LogP contribution in [0.15, 0.2) is 52.8 Å². The highest BCUT2D eigenvalue weighted by Crippen LogP contribution is 2.36. The van der Waals surface area contributed by atoms with Crippen LogP contribution in [0.1, 0.15) is 5.56 Å². The molecule has 0 aliphatic carbocycles. The van der Waals surface area contributed by atoms with Gasteiger partial charge in [-0.25, -0.2) is 5.01 Å². The van der Waals surface area contributed by atoms with Crippen molar-refractivity contribution >= 4 is 11.4 Å². The van der Waals surface area contributed by atoms with Gasteiger partial charge in [0, 0.05) is 11.6 Å². The molecule has 20 heavy (non-hydrogen) atoms. The SMILES string of the molecule is COc1ccc(N2Cc3ccccc3N=N2)c(OC)c1. The molecule has 1 heterocycles. The Morgan fingerprint density at radius 3 is 2.70 bits per heavy atom. The molecular weight excluding hydrogens is 254 g/mol. The molecule has 0 atom stereocenters. The lowest BCUT2D eigenvalue weighted by molar-refractivity contribution is 0.394. The number of hydrogen-bond donors (Lipinski definition) is 0. The normalized spacial score (nSPS) is 13.0. The van der Waals surface area contributed by atoms with Crippen LogP contribution in [0.2, 0.25) is 0 Å². The van der Waals surface area contributed by atoms with Gasteiger partial charge in [-0.05, 0) is 18.2 Å². The second-order valence-corrected chi connectivity index (χ2v) is 4.41. The van der Waals surface area contributed by atoms with E-state index in [2.05, 4.69) is 16.4 Å². The standard InChI is InChI=1S/C15H15N3O2/c1-19-12-7-8-14(15(9-12)20-2)18-10-11-5-3-4-6-13(11)16-17-18/h3-9H,10H2,1-2H3. The molecule has 1 aliphatic heterocycles. The largest absolute Gasteiger partial charge is 0.497 e. The maximum absolute atomic E-state index is 5.41. The fraction of sp³-hybridized carbons (Fsp3) is 0.200. The molecule has 0 fully saturated rings. The highest BCUT2D eigenvalue weighted by molar-refractivity contribution is 5.62. The van der Waals surface area contributed by atoms with Crippen LogP contribution in [0.3, 0.4) is 0 Å². The lowest BCUT2D eigenvalue weighted by Crippen LogP contribution is -2.18. The number of fused-ring (bicyclic) bond motifs is 1. The van der Waals surface area contributed by atoms with E-state index in [1.54, 1.807) is 14.2 Å². The third-order valence-corrected chi connectivity index (χ3v) is 3.24. The highest BCUT2D eigenvalue weighted by atomic mass is 16.5. The first-order chi connectivity index (χ1) is 9.81. The van der Waals surface area contributed by atoms with E-state index in [1.165, 1.54) is 0 Å². The second-order valence-electron chi connectivity index (χ2n) is 4.41. The van der Waals surface area contributed by atoms with E-state index in [-0.39, 0.29) is 0 Å². The summed E-state index contributed by atoms with van der Waals surface area (Å²) in [6, 6.07) is 13.6. The van der Waals surface area contributed by atoms with E-state index < -0.39 is 0 Å². The van der Waals surface area contributed by atoms with Crippen LogP contribution in [0.5, 0.6) is 11.5 Å². The summed E-state index contributed by atoms with van der Waals surface area (Å²) in [5.41, 5.74) is 2.92. The van der Waals surface area contributed by atoms with E-state index >= 15 is 0 Å². The Labute approximate surface area is 117 Å². The number of benzene rings is 2. The number of rotatable bonds is 3. The van der Waals surface area contributed by atoms with Gasteiger partial charge in [0.05, 0.1) is 26.5 Å². The van der Waals surface area contributed by atoms with Crippen molar-refractivity contribution < 1.29 is 9.47 Å². The van der Waals surface area contributed by atoms with Crippen molar-refractivity contribution in [3.05, 3.63) is 48.0 Å². The van der Waals surface area contributed by atoms with Crippen LogP contribution in [-0.2, 0) is 6.54 Å². The number of anilines is 1. The predicted octanol–water partition coefficient (Wildman–Crippen LogP) is 3.72. The number of ether oxygens (including phenoxy) is 2. The van der Waals surface area contributed by atoms with Gasteiger partial charge in [0.1, 0.15) is 17.2 Å². The fourth-order valence-corrected chi connectivity index (χ4v) is 2.17. The monoisotopic (exact) mass is 269 g/mol. The quantitative estimate of drug-likeness (QED) is 0.853. The zero-order chi connectivity index (χ0) is 13.9. The first-order valence-corrected chi connectivity index (χ1v) is 6.31. The van der Waals surface area contributed by atoms with Crippen LogP contribution >= 0.6 is 0 Å². The van der Waals surface area contributed by atoms with Gasteiger partial charge in [-0.2, -0.15) is 0 Å². The lowest BCUT2D eigenvalue weighted by atomic mass is 10.1. The average molecular weight is 269 g/mol. The molecule has 0 amide bonds. The Morgan fingerprint density at radius 2 is 1.90 bits per heavy atom. The summed E-state index contributed by atoms with van der Waals surface area (Å²) in [5.74, 6) is 1.46. The minimum Gasteiger partial charge on any atom is -0.497 e. The highest BCUT2D eigenvalue weighted by Gasteiger charge is 2.18. The summed E-state index contributed by atoms with van der Waals surface area (Å²) in [4.78, 5) is 0. The maximum atomic E-state index is 5.41. The summed E-state index contributed by atoms with van der Waals surface area (Å²) < 4.78 is 10.6.